The first-order chi connectivity index (χ1) is 31.8. The molecule has 5 aromatic rings. The molecule has 0 unspecified atom stereocenters. The third kappa shape index (κ3) is 11.8. The minimum atomic E-state index is -1.22. The lowest BCUT2D eigenvalue weighted by atomic mass is 9.77. The molecule has 3 amide bonds. The van der Waals surface area contributed by atoms with E-state index in [1.807, 2.05) is 87.5 Å². The lowest BCUT2D eigenvalue weighted by Gasteiger charge is -2.49. The fourth-order valence-corrected chi connectivity index (χ4v) is 10.9. The number of hydrogen-bond acceptors (Lipinski definition) is 12. The fraction of sp³-hybridized carbons (Fsp3) is 0.327. The van der Waals surface area contributed by atoms with E-state index in [1.54, 1.807) is 27.5 Å². The minimum Gasteiger partial charge on any atom is -1.00 e. The van der Waals surface area contributed by atoms with Crippen molar-refractivity contribution in [2.75, 3.05) is 35.5 Å². The Morgan fingerprint density at radius 2 is 1.52 bits per heavy atom. The number of thiazole rings is 1. The molecule has 0 radical (unpaired) electrons. The molecule has 3 N–H and O–H groups in total. The van der Waals surface area contributed by atoms with Crippen molar-refractivity contribution in [3.05, 3.63) is 155 Å². The van der Waals surface area contributed by atoms with E-state index in [-0.39, 0.29) is 41.1 Å². The number of fused-ring (bicyclic) bond motifs is 1. The van der Waals surface area contributed by atoms with Crippen LogP contribution in [-0.2, 0) is 29.5 Å². The van der Waals surface area contributed by atoms with Gasteiger partial charge in [-0.05, 0) is 49.5 Å². The highest BCUT2D eigenvalue weighted by atomic mass is 127. The van der Waals surface area contributed by atoms with Gasteiger partial charge in [0.1, 0.15) is 41.1 Å². The maximum atomic E-state index is 14.0. The SMILES string of the molecule is CCCCCCN(C(=O)OC(C)(C)C)[n+]1ccc(SCC2=C(C(=O)O)N3C(=O)[C@@H](NC(=O)/C(=N\OC)c4csc(NC(c5ccccc5)(c5ccccc5)c5ccccc5)n4)[C@H]3SC2)cc1.[I-]. The molecular weight excluding hydrogens is 1020 g/mol. The summed E-state index contributed by atoms with van der Waals surface area (Å²) in [4.78, 5) is 65.7. The van der Waals surface area contributed by atoms with Crippen molar-refractivity contribution in [2.24, 2.45) is 5.16 Å². The summed E-state index contributed by atoms with van der Waals surface area (Å²) in [5, 5.41) is 24.1. The van der Waals surface area contributed by atoms with Crippen molar-refractivity contribution in [2.45, 2.75) is 80.8 Å². The highest BCUT2D eigenvalue weighted by Gasteiger charge is 2.54. The smallest absolute Gasteiger partial charge is 0.464 e. The Morgan fingerprint density at radius 3 is 2.06 bits per heavy atom. The molecule has 0 aliphatic carbocycles. The van der Waals surface area contributed by atoms with Crippen LogP contribution in [0, 0.1) is 0 Å². The number of oxime groups is 1. The van der Waals surface area contributed by atoms with Gasteiger partial charge < -0.3 is 49.3 Å². The molecule has 1 fully saturated rings. The van der Waals surface area contributed by atoms with Crippen LogP contribution in [0.25, 0.3) is 0 Å². The van der Waals surface area contributed by atoms with E-state index in [0.29, 0.717) is 28.8 Å². The highest BCUT2D eigenvalue weighted by Crippen LogP contribution is 2.43. The standard InChI is InChI=1S/C49H53N7O7S3.HI/c1-6-7-8-18-27-55(47(61)63-48(2,3)4)54-28-25-37(26-29-54)64-30-33-31-65-44-40(43(58)56(44)41(33)45(59)60)51-42(57)39(53-62-5)38-32-66-46(50-38)52-49(34-19-12-9-13-20-34,35-21-14-10-15-22-35)36-23-16-11-17-24-36;/h9-17,19-26,28-29,32,40,44H,6-8,18,27,30-31H2,1-5H3,(H2-,50,51,52,57,59,60);1H/b53-39-;/t40-,44-;/m1./s1. The quantitative estimate of drug-likeness (QED) is 0.0146. The predicted octanol–water partition coefficient (Wildman–Crippen LogP) is 5.17. The number of halogens is 1. The van der Waals surface area contributed by atoms with Crippen molar-refractivity contribution >= 4 is 69.6 Å². The van der Waals surface area contributed by atoms with Gasteiger partial charge in [-0.25, -0.2) is 14.6 Å². The van der Waals surface area contributed by atoms with Gasteiger partial charge in [0.05, 0.1) is 6.54 Å². The van der Waals surface area contributed by atoms with Gasteiger partial charge in [0.2, 0.25) is 12.4 Å². The van der Waals surface area contributed by atoms with Crippen molar-refractivity contribution < 1.29 is 62.5 Å². The Kier molecular flexibility index (Phi) is 17.5. The molecule has 67 heavy (non-hydrogen) atoms. The first-order valence-corrected chi connectivity index (χ1v) is 24.6. The number of amides is 3. The molecule has 7 rings (SSSR count). The van der Waals surface area contributed by atoms with Crippen molar-refractivity contribution in [1.29, 1.82) is 0 Å². The van der Waals surface area contributed by atoms with Crippen LogP contribution in [0.1, 0.15) is 75.8 Å². The summed E-state index contributed by atoms with van der Waals surface area (Å²) in [6, 6.07) is 32.9. The second-order valence-corrected chi connectivity index (χ2v) is 19.6. The summed E-state index contributed by atoms with van der Waals surface area (Å²) in [7, 11) is 1.32. The largest absolute Gasteiger partial charge is 1.00 e. The molecule has 2 aromatic heterocycles. The summed E-state index contributed by atoms with van der Waals surface area (Å²) in [6.07, 6.45) is 7.11. The molecule has 0 saturated carbocycles. The monoisotopic (exact) mass is 1080 g/mol. The zero-order valence-electron chi connectivity index (χ0n) is 37.9. The first-order valence-electron chi connectivity index (χ1n) is 21.7. The number of pyridine rings is 1. The van der Waals surface area contributed by atoms with Gasteiger partial charge in [0, 0.05) is 33.9 Å². The molecule has 352 valence electrons. The average Bonchev–Trinajstić information content (AvgIpc) is 3.78. The number of nitrogens with one attached hydrogen (secondary N) is 2. The molecule has 0 bridgehead atoms. The molecule has 2 aliphatic heterocycles. The van der Waals surface area contributed by atoms with Crippen molar-refractivity contribution in [3.8, 4) is 0 Å². The molecular formula is C49H54IN7O7S3. The number of nitrogens with zero attached hydrogens (tertiary/aromatic N) is 5. The minimum absolute atomic E-state index is 0. The highest BCUT2D eigenvalue weighted by molar-refractivity contribution is 8.01. The zero-order chi connectivity index (χ0) is 46.8. The van der Waals surface area contributed by atoms with Gasteiger partial charge in [0.15, 0.2) is 10.8 Å². The number of carbonyl (C=O) groups is 4. The number of benzene rings is 3. The van der Waals surface area contributed by atoms with E-state index in [9.17, 15) is 24.3 Å². The summed E-state index contributed by atoms with van der Waals surface area (Å²) in [6.45, 7) is 8.13. The first kappa shape index (κ1) is 51.0. The lowest BCUT2D eigenvalue weighted by Crippen LogP contribution is -3.00. The maximum absolute atomic E-state index is 14.0. The van der Waals surface area contributed by atoms with Crippen LogP contribution in [0.5, 0.6) is 0 Å². The number of anilines is 1. The summed E-state index contributed by atoms with van der Waals surface area (Å²) >= 11 is 4.10. The van der Waals surface area contributed by atoms with E-state index in [4.69, 9.17) is 14.6 Å². The van der Waals surface area contributed by atoms with E-state index in [0.717, 1.165) is 47.3 Å². The third-order valence-electron chi connectivity index (χ3n) is 10.9. The van der Waals surface area contributed by atoms with Crippen LogP contribution in [0.4, 0.5) is 9.93 Å². The summed E-state index contributed by atoms with van der Waals surface area (Å²) < 4.78 is 7.40. The number of hydrogen-bond donors (Lipinski definition) is 3. The summed E-state index contributed by atoms with van der Waals surface area (Å²) in [5.74, 6) is -1.82. The van der Waals surface area contributed by atoms with Gasteiger partial charge >= 0.3 is 12.1 Å². The molecule has 2 atom stereocenters. The Morgan fingerprint density at radius 1 is 0.925 bits per heavy atom. The Balaban J connectivity index is 0.00000741. The summed E-state index contributed by atoms with van der Waals surface area (Å²) in [5.41, 5.74) is 1.99. The molecule has 14 nitrogen and oxygen atoms in total. The second kappa shape index (κ2) is 23.0. The molecule has 4 heterocycles. The number of carboxylic acid groups (broad SMARTS) is 1. The molecule has 3 aromatic carbocycles. The van der Waals surface area contributed by atoms with Gasteiger partial charge in [-0.1, -0.05) is 132 Å². The number of carbonyl (C=O) groups excluding carboxylic acids is 3. The molecule has 1 saturated heterocycles. The van der Waals surface area contributed by atoms with Crippen molar-refractivity contribution in [3.63, 3.8) is 0 Å². The number of aromatic nitrogens is 2. The van der Waals surface area contributed by atoms with Crippen molar-refractivity contribution in [1.82, 2.24) is 15.2 Å². The maximum Gasteiger partial charge on any atom is 0.464 e. The Bertz CT molecular complexity index is 2460. The lowest BCUT2D eigenvalue weighted by molar-refractivity contribution is -0.684. The third-order valence-corrected chi connectivity index (χ3v) is 14.1. The van der Waals surface area contributed by atoms with Crippen LogP contribution in [0.15, 0.2) is 142 Å². The van der Waals surface area contributed by atoms with Gasteiger partial charge in [-0.15, -0.1) is 34.9 Å². The van der Waals surface area contributed by atoms with E-state index < -0.39 is 46.4 Å². The average molecular weight is 1080 g/mol. The molecule has 0 spiro atoms. The topological polar surface area (TPSA) is 167 Å². The number of rotatable bonds is 19. The van der Waals surface area contributed by atoms with Crippen LogP contribution >= 0.6 is 34.9 Å². The van der Waals surface area contributed by atoms with Crippen LogP contribution in [0.2, 0.25) is 0 Å². The van der Waals surface area contributed by atoms with Gasteiger partial charge in [-0.3, -0.25) is 14.5 Å². The Hall–Kier alpha value is -5.44. The fourth-order valence-electron chi connectivity index (χ4n) is 7.82. The van der Waals surface area contributed by atoms with Gasteiger partial charge in [-0.2, -0.15) is 0 Å². The number of carboxylic acids is 1. The van der Waals surface area contributed by atoms with E-state index >= 15 is 0 Å². The van der Waals surface area contributed by atoms with E-state index in [2.05, 4.69) is 59.1 Å². The van der Waals surface area contributed by atoms with Crippen LogP contribution < -0.4 is 44.3 Å². The van der Waals surface area contributed by atoms with Gasteiger partial charge in [0.25, 0.3) is 11.8 Å². The van der Waals surface area contributed by atoms with Crippen LogP contribution in [0.3, 0.4) is 0 Å². The molecule has 2 aliphatic rings. The van der Waals surface area contributed by atoms with Crippen LogP contribution in [-0.4, -0.2) is 86.8 Å². The Labute approximate surface area is 420 Å². The zero-order valence-corrected chi connectivity index (χ0v) is 42.5. The molecule has 18 heteroatoms. The predicted molar refractivity (Wildman–Crippen MR) is 259 cm³/mol. The second-order valence-electron chi connectivity index (χ2n) is 16.6. The number of β-lactam (4-membered cyclic amide) rings is 1. The number of unbranched alkanes of at least 4 members (excludes halogenated alkanes) is 3. The van der Waals surface area contributed by atoms with E-state index in [1.165, 1.54) is 46.9 Å². The normalized spacial score (nSPS) is 16.0. The number of thioether (sulfide) groups is 2. The number of aliphatic carboxylic acids is 1. The number of ether oxygens (including phenoxy) is 1.